The number of halogens is 1. The summed E-state index contributed by atoms with van der Waals surface area (Å²) >= 11 is 4.46. The van der Waals surface area contributed by atoms with Crippen LogP contribution in [0.15, 0.2) is 50.1 Å². The van der Waals surface area contributed by atoms with Gasteiger partial charge in [-0.15, -0.1) is 0 Å². The molecule has 0 bridgehead atoms. The summed E-state index contributed by atoms with van der Waals surface area (Å²) in [6, 6.07) is 9.56. The number of amides is 1. The molecule has 0 saturated carbocycles. The van der Waals surface area contributed by atoms with Crippen LogP contribution in [0, 0.1) is 12.8 Å². The maximum Gasteiger partial charge on any atom is 0.350 e. The van der Waals surface area contributed by atoms with Gasteiger partial charge in [0.25, 0.3) is 5.91 Å². The first-order valence-corrected chi connectivity index (χ1v) is 15.4. The molecule has 11 heteroatoms. The van der Waals surface area contributed by atoms with E-state index in [1.54, 1.807) is 44.2 Å². The average molecular weight is 656 g/mol. The molecular weight excluding hydrogens is 624 g/mol. The lowest BCUT2D eigenvalue weighted by molar-refractivity contribution is 0.0531. The quantitative estimate of drug-likeness (QED) is 0.167. The van der Waals surface area contributed by atoms with Crippen molar-refractivity contribution in [1.82, 2.24) is 4.98 Å². The molecule has 1 atom stereocenters. The van der Waals surface area contributed by atoms with Gasteiger partial charge in [-0.25, -0.2) is 9.78 Å². The van der Waals surface area contributed by atoms with E-state index < -0.39 is 17.9 Å². The molecule has 3 heterocycles. The van der Waals surface area contributed by atoms with E-state index in [1.807, 2.05) is 13.0 Å². The number of carbonyl (C=O) groups excluding carboxylic acids is 2. The fourth-order valence-corrected chi connectivity index (χ4v) is 6.16. The Balaban J connectivity index is 1.69. The van der Waals surface area contributed by atoms with Crippen molar-refractivity contribution >= 4 is 55.2 Å². The molecule has 1 unspecified atom stereocenters. The summed E-state index contributed by atoms with van der Waals surface area (Å²) in [7, 11) is 0. The van der Waals surface area contributed by atoms with E-state index >= 15 is 0 Å². The molecule has 1 aliphatic heterocycles. The minimum absolute atomic E-state index is 0.0689. The van der Waals surface area contributed by atoms with Crippen LogP contribution < -0.4 is 19.8 Å². The van der Waals surface area contributed by atoms with Crippen molar-refractivity contribution in [1.29, 1.82) is 0 Å². The summed E-state index contributed by atoms with van der Waals surface area (Å²) in [6.45, 7) is 10.6. The van der Waals surface area contributed by atoms with E-state index in [0.29, 0.717) is 57.3 Å². The number of carbonyl (C=O) groups is 2. The molecule has 2 aromatic carbocycles. The number of aromatic nitrogens is 1. The van der Waals surface area contributed by atoms with Gasteiger partial charge in [-0.05, 0) is 69.0 Å². The van der Waals surface area contributed by atoms with E-state index in [2.05, 4.69) is 34.8 Å². The van der Waals surface area contributed by atoms with Gasteiger partial charge >= 0.3 is 5.97 Å². The third kappa shape index (κ3) is 5.55. The van der Waals surface area contributed by atoms with Gasteiger partial charge in [0.15, 0.2) is 22.1 Å². The zero-order chi connectivity index (χ0) is 30.1. The number of hydrogen-bond donors (Lipinski definition) is 0. The third-order valence-corrected chi connectivity index (χ3v) is 8.45. The molecule has 2 aromatic heterocycles. The third-order valence-electron chi connectivity index (χ3n) is 6.82. The number of anilines is 1. The monoisotopic (exact) mass is 654 g/mol. The van der Waals surface area contributed by atoms with Gasteiger partial charge in [0.05, 0.1) is 42.5 Å². The molecule has 9 nitrogen and oxygen atoms in total. The summed E-state index contributed by atoms with van der Waals surface area (Å²) < 4.78 is 23.9. The lowest BCUT2D eigenvalue weighted by Gasteiger charge is -2.23. The van der Waals surface area contributed by atoms with Crippen LogP contribution in [-0.4, -0.2) is 36.7 Å². The Hall–Kier alpha value is -3.70. The lowest BCUT2D eigenvalue weighted by Crippen LogP contribution is -2.29. The Kier molecular flexibility index (Phi) is 8.70. The number of benzene rings is 2. The summed E-state index contributed by atoms with van der Waals surface area (Å²) in [5.41, 5.74) is 1.18. The van der Waals surface area contributed by atoms with Crippen molar-refractivity contribution in [3.8, 4) is 11.5 Å². The normalized spacial score (nSPS) is 14.5. The Morgan fingerprint density at radius 2 is 1.88 bits per heavy atom. The molecule has 0 radical (unpaired) electrons. The summed E-state index contributed by atoms with van der Waals surface area (Å²) in [5, 5.41) is 0.584. The largest absolute Gasteiger partial charge is 0.490 e. The number of esters is 1. The SMILES string of the molecule is CCOC(=O)c1sc(N2C(=O)c3oc4ccc(Br)cc4c(=O)c3C2c2ccc(OCCC(C)C)c(OCC)c2)nc1C. The van der Waals surface area contributed by atoms with Crippen LogP contribution in [0.5, 0.6) is 11.5 Å². The van der Waals surface area contributed by atoms with Gasteiger partial charge in [-0.2, -0.15) is 0 Å². The highest BCUT2D eigenvalue weighted by Gasteiger charge is 2.45. The van der Waals surface area contributed by atoms with E-state index in [-0.39, 0.29) is 33.4 Å². The number of rotatable bonds is 10. The van der Waals surface area contributed by atoms with Crippen molar-refractivity contribution in [3.63, 3.8) is 0 Å². The fourth-order valence-electron chi connectivity index (χ4n) is 4.82. The van der Waals surface area contributed by atoms with Crippen LogP contribution in [0.3, 0.4) is 0 Å². The number of hydrogen-bond acceptors (Lipinski definition) is 9. The summed E-state index contributed by atoms with van der Waals surface area (Å²) in [6.07, 6.45) is 0.876. The zero-order valence-electron chi connectivity index (χ0n) is 24.0. The van der Waals surface area contributed by atoms with Gasteiger partial charge in [0.1, 0.15) is 10.5 Å². The first kappa shape index (κ1) is 29.8. The number of ether oxygens (including phenoxy) is 3. The maximum atomic E-state index is 14.0. The number of thiazole rings is 1. The van der Waals surface area contributed by atoms with Crippen LogP contribution in [0.2, 0.25) is 0 Å². The second-order valence-electron chi connectivity index (χ2n) is 10.2. The Bertz CT molecular complexity index is 1730. The van der Waals surface area contributed by atoms with Gasteiger partial charge in [-0.1, -0.05) is 47.2 Å². The van der Waals surface area contributed by atoms with E-state index in [4.69, 9.17) is 18.6 Å². The molecule has 42 heavy (non-hydrogen) atoms. The van der Waals surface area contributed by atoms with E-state index in [1.165, 1.54) is 4.90 Å². The zero-order valence-corrected chi connectivity index (χ0v) is 26.4. The summed E-state index contributed by atoms with van der Waals surface area (Å²) in [4.78, 5) is 46.9. The highest BCUT2D eigenvalue weighted by molar-refractivity contribution is 9.10. The van der Waals surface area contributed by atoms with E-state index in [9.17, 15) is 14.4 Å². The van der Waals surface area contributed by atoms with Crippen LogP contribution >= 0.6 is 27.3 Å². The van der Waals surface area contributed by atoms with Crippen LogP contribution in [0.4, 0.5) is 5.13 Å². The highest BCUT2D eigenvalue weighted by Crippen LogP contribution is 2.45. The minimum Gasteiger partial charge on any atom is -0.490 e. The molecule has 220 valence electrons. The van der Waals surface area contributed by atoms with Crippen molar-refractivity contribution in [2.24, 2.45) is 5.92 Å². The van der Waals surface area contributed by atoms with Crippen LogP contribution in [0.25, 0.3) is 11.0 Å². The molecular formula is C31H31BrN2O7S. The molecule has 4 aromatic rings. The van der Waals surface area contributed by atoms with Crippen molar-refractivity contribution < 1.29 is 28.2 Å². The van der Waals surface area contributed by atoms with Crippen LogP contribution in [-0.2, 0) is 4.74 Å². The fraction of sp³-hybridized carbons (Fsp3) is 0.355. The van der Waals surface area contributed by atoms with Gasteiger partial charge in [0.2, 0.25) is 5.76 Å². The number of fused-ring (bicyclic) bond motifs is 2. The van der Waals surface area contributed by atoms with Crippen molar-refractivity contribution in [3.05, 3.63) is 78.6 Å². The predicted molar refractivity (Wildman–Crippen MR) is 164 cm³/mol. The highest BCUT2D eigenvalue weighted by atomic mass is 79.9. The predicted octanol–water partition coefficient (Wildman–Crippen LogP) is 7.07. The summed E-state index contributed by atoms with van der Waals surface area (Å²) in [5.74, 6) is 0.420. The molecule has 0 N–H and O–H groups in total. The second kappa shape index (κ2) is 12.3. The average Bonchev–Trinajstić information content (AvgIpc) is 3.47. The topological polar surface area (TPSA) is 108 Å². The Labute approximate surface area is 255 Å². The lowest BCUT2D eigenvalue weighted by atomic mass is 9.98. The molecule has 1 aliphatic rings. The molecule has 5 rings (SSSR count). The van der Waals surface area contributed by atoms with E-state index in [0.717, 1.165) is 17.8 Å². The molecule has 1 amide bonds. The number of nitrogens with zero attached hydrogens (tertiary/aromatic N) is 2. The molecule has 0 fully saturated rings. The second-order valence-corrected chi connectivity index (χ2v) is 12.1. The maximum absolute atomic E-state index is 14.0. The first-order chi connectivity index (χ1) is 20.1. The molecule has 0 saturated heterocycles. The number of aryl methyl sites for hydroxylation is 1. The van der Waals surface area contributed by atoms with Gasteiger partial charge in [-0.3, -0.25) is 14.5 Å². The molecule has 0 spiro atoms. The Morgan fingerprint density at radius 1 is 1.10 bits per heavy atom. The van der Waals surface area contributed by atoms with Gasteiger partial charge < -0.3 is 18.6 Å². The molecule has 0 aliphatic carbocycles. The van der Waals surface area contributed by atoms with Crippen LogP contribution in [0.1, 0.15) is 77.2 Å². The smallest absolute Gasteiger partial charge is 0.350 e. The van der Waals surface area contributed by atoms with Crippen molar-refractivity contribution in [2.75, 3.05) is 24.7 Å². The van der Waals surface area contributed by atoms with Crippen molar-refractivity contribution in [2.45, 2.75) is 47.1 Å². The first-order valence-electron chi connectivity index (χ1n) is 13.8. The standard InChI is InChI=1S/C31H31BrN2O7S/c1-6-38-23-14-18(8-10-22(23)40-13-12-16(3)4)25-24-26(35)20-15-19(32)9-11-21(20)41-27(24)29(36)34(25)31-33-17(5)28(42-31)30(37)39-7-2/h8-11,14-16,25H,6-7,12-13H2,1-5H3. The van der Waals surface area contributed by atoms with Gasteiger partial charge in [0, 0.05) is 4.47 Å². The Morgan fingerprint density at radius 3 is 2.60 bits per heavy atom. The minimum atomic E-state index is -0.892.